The number of β-amino-alcohol motifs (C(OH)–C–C–N with tert-alkyl or cyclic N) is 1. The number of aliphatic hydroxyl groups excluding tert-OH is 1. The number of halogens is 1. The lowest BCUT2D eigenvalue weighted by molar-refractivity contribution is 0.198. The fourth-order valence-electron chi connectivity index (χ4n) is 3.63. The molecule has 2 aromatic rings. The van der Waals surface area contributed by atoms with Crippen molar-refractivity contribution in [1.29, 1.82) is 0 Å². The molecule has 1 unspecified atom stereocenters. The van der Waals surface area contributed by atoms with Crippen molar-refractivity contribution in [3.63, 3.8) is 0 Å². The summed E-state index contributed by atoms with van der Waals surface area (Å²) < 4.78 is 0. The highest BCUT2D eigenvalue weighted by Crippen LogP contribution is 2.27. The first kappa shape index (κ1) is 18.1. The zero-order chi connectivity index (χ0) is 16.4. The second kappa shape index (κ2) is 8.13. The van der Waals surface area contributed by atoms with Crippen molar-refractivity contribution in [2.75, 3.05) is 31.1 Å². The van der Waals surface area contributed by atoms with Crippen LogP contribution in [0.5, 0.6) is 0 Å². The number of hydrogen-bond acceptors (Lipinski definition) is 5. The maximum absolute atomic E-state index is 9.93. The van der Waals surface area contributed by atoms with Crippen molar-refractivity contribution in [1.82, 2.24) is 15.3 Å². The third-order valence-electron chi connectivity index (χ3n) is 4.88. The molecule has 134 valence electrons. The molecule has 3 heterocycles. The van der Waals surface area contributed by atoms with Gasteiger partial charge < -0.3 is 15.3 Å². The second-order valence-corrected chi connectivity index (χ2v) is 6.69. The second-order valence-electron chi connectivity index (χ2n) is 6.69. The van der Waals surface area contributed by atoms with Gasteiger partial charge in [-0.1, -0.05) is 30.3 Å². The van der Waals surface area contributed by atoms with Crippen molar-refractivity contribution < 1.29 is 5.11 Å². The van der Waals surface area contributed by atoms with E-state index >= 15 is 0 Å². The lowest BCUT2D eigenvalue weighted by Gasteiger charge is -2.22. The van der Waals surface area contributed by atoms with E-state index in [-0.39, 0.29) is 18.5 Å². The number of rotatable bonds is 3. The fraction of sp³-hybridized carbons (Fsp3) is 0.474. The highest BCUT2D eigenvalue weighted by molar-refractivity contribution is 5.85. The number of aliphatic hydroxyl groups is 1. The van der Waals surface area contributed by atoms with E-state index < -0.39 is 0 Å². The summed E-state index contributed by atoms with van der Waals surface area (Å²) in [5, 5.41) is 13.4. The zero-order valence-corrected chi connectivity index (χ0v) is 15.1. The first-order valence-electron chi connectivity index (χ1n) is 8.86. The van der Waals surface area contributed by atoms with Crippen molar-refractivity contribution in [2.24, 2.45) is 0 Å². The van der Waals surface area contributed by atoms with Gasteiger partial charge in [-0.2, -0.15) is 0 Å². The molecule has 6 heteroatoms. The summed E-state index contributed by atoms with van der Waals surface area (Å²) in [5.41, 5.74) is 3.68. The van der Waals surface area contributed by atoms with Crippen LogP contribution in [-0.4, -0.2) is 47.4 Å². The van der Waals surface area contributed by atoms with Gasteiger partial charge in [-0.25, -0.2) is 9.97 Å². The highest BCUT2D eigenvalue weighted by atomic mass is 35.5. The summed E-state index contributed by atoms with van der Waals surface area (Å²) in [7, 11) is 0. The topological polar surface area (TPSA) is 61.3 Å². The van der Waals surface area contributed by atoms with Gasteiger partial charge >= 0.3 is 0 Å². The molecule has 1 atom stereocenters. The number of fused-ring (bicyclic) bond motifs is 1. The van der Waals surface area contributed by atoms with Gasteiger partial charge in [0.1, 0.15) is 11.6 Å². The van der Waals surface area contributed by atoms with Crippen LogP contribution < -0.4 is 10.2 Å². The Morgan fingerprint density at radius 1 is 1.12 bits per heavy atom. The first-order chi connectivity index (χ1) is 11.8. The zero-order valence-electron chi connectivity index (χ0n) is 14.3. The van der Waals surface area contributed by atoms with Crippen LogP contribution >= 0.6 is 12.4 Å². The van der Waals surface area contributed by atoms with Crippen molar-refractivity contribution >= 4 is 18.2 Å². The molecule has 5 nitrogen and oxygen atoms in total. The van der Waals surface area contributed by atoms with Crippen LogP contribution in [0.4, 0.5) is 5.82 Å². The van der Waals surface area contributed by atoms with Crippen LogP contribution in [0.2, 0.25) is 0 Å². The molecule has 2 aliphatic heterocycles. The van der Waals surface area contributed by atoms with Crippen LogP contribution in [0.3, 0.4) is 0 Å². The molecule has 1 fully saturated rings. The average molecular weight is 361 g/mol. The monoisotopic (exact) mass is 360 g/mol. The molecule has 0 bridgehead atoms. The Balaban J connectivity index is 0.00000182. The molecule has 0 radical (unpaired) electrons. The molecule has 0 aliphatic carbocycles. The molecular formula is C19H25ClN4O. The van der Waals surface area contributed by atoms with Crippen LogP contribution in [0.1, 0.15) is 29.1 Å². The van der Waals surface area contributed by atoms with Gasteiger partial charge in [-0.3, -0.25) is 0 Å². The normalized spacial score (nSPS) is 19.9. The summed E-state index contributed by atoms with van der Waals surface area (Å²) >= 11 is 0. The Hall–Kier alpha value is -1.69. The van der Waals surface area contributed by atoms with Crippen LogP contribution in [0.25, 0.3) is 0 Å². The number of aromatic nitrogens is 2. The molecule has 0 spiro atoms. The Labute approximate surface area is 154 Å². The lowest BCUT2D eigenvalue weighted by atomic mass is 10.1. The molecule has 1 aromatic carbocycles. The van der Waals surface area contributed by atoms with E-state index in [1.165, 1.54) is 16.8 Å². The van der Waals surface area contributed by atoms with Crippen LogP contribution in [0.15, 0.2) is 30.3 Å². The van der Waals surface area contributed by atoms with Gasteiger partial charge in [-0.05, 0) is 24.9 Å². The summed E-state index contributed by atoms with van der Waals surface area (Å²) in [4.78, 5) is 12.0. The first-order valence-corrected chi connectivity index (χ1v) is 8.86. The largest absolute Gasteiger partial charge is 0.391 e. The Morgan fingerprint density at radius 2 is 1.92 bits per heavy atom. The maximum Gasteiger partial charge on any atom is 0.135 e. The SMILES string of the molecule is Cl.OC1CCN(c2nc(Cc3ccccc3)nc3c2CCNCC3)C1. The molecule has 0 saturated carbocycles. The third-order valence-corrected chi connectivity index (χ3v) is 4.88. The minimum Gasteiger partial charge on any atom is -0.391 e. The smallest absolute Gasteiger partial charge is 0.135 e. The van der Waals surface area contributed by atoms with Gasteiger partial charge in [0.25, 0.3) is 0 Å². The van der Waals surface area contributed by atoms with E-state index in [4.69, 9.17) is 9.97 Å². The number of hydrogen-bond donors (Lipinski definition) is 2. The summed E-state index contributed by atoms with van der Waals surface area (Å²) in [6.07, 6.45) is 3.25. The number of anilines is 1. The van der Waals surface area contributed by atoms with Gasteiger partial charge in [-0.15, -0.1) is 12.4 Å². The van der Waals surface area contributed by atoms with Gasteiger partial charge in [0.05, 0.1) is 11.8 Å². The summed E-state index contributed by atoms with van der Waals surface area (Å²) in [5.74, 6) is 1.93. The molecule has 25 heavy (non-hydrogen) atoms. The van der Waals surface area contributed by atoms with Gasteiger partial charge in [0.2, 0.25) is 0 Å². The Bertz CT molecular complexity index is 710. The van der Waals surface area contributed by atoms with Gasteiger partial charge in [0.15, 0.2) is 0 Å². The molecular weight excluding hydrogens is 336 g/mol. The number of nitrogens with one attached hydrogen (secondary N) is 1. The molecule has 2 aliphatic rings. The van der Waals surface area contributed by atoms with Crippen molar-refractivity contribution in [3.8, 4) is 0 Å². The maximum atomic E-state index is 9.93. The number of nitrogens with zero attached hydrogens (tertiary/aromatic N) is 3. The minimum atomic E-state index is -0.239. The number of benzene rings is 1. The van der Waals surface area contributed by atoms with Crippen LogP contribution in [0, 0.1) is 0 Å². The van der Waals surface area contributed by atoms with Crippen molar-refractivity contribution in [2.45, 2.75) is 31.8 Å². The lowest BCUT2D eigenvalue weighted by Crippen LogP contribution is -2.25. The summed E-state index contributed by atoms with van der Waals surface area (Å²) in [6, 6.07) is 10.4. The van der Waals surface area contributed by atoms with Crippen molar-refractivity contribution in [3.05, 3.63) is 53.0 Å². The van der Waals surface area contributed by atoms with E-state index in [1.807, 2.05) is 6.07 Å². The van der Waals surface area contributed by atoms with E-state index in [2.05, 4.69) is 34.5 Å². The fourth-order valence-corrected chi connectivity index (χ4v) is 3.63. The molecule has 1 aromatic heterocycles. The van der Waals surface area contributed by atoms with E-state index in [0.29, 0.717) is 6.54 Å². The van der Waals surface area contributed by atoms with E-state index in [1.54, 1.807) is 0 Å². The highest BCUT2D eigenvalue weighted by Gasteiger charge is 2.26. The third kappa shape index (κ3) is 4.11. The summed E-state index contributed by atoms with van der Waals surface area (Å²) in [6.45, 7) is 3.50. The standard InChI is InChI=1S/C19H24N4O.ClH/c24-15-8-11-23(13-15)19-16-6-9-20-10-7-17(16)21-18(22-19)12-14-4-2-1-3-5-14;/h1-5,15,20,24H,6-13H2;1H. The van der Waals surface area contributed by atoms with Gasteiger partial charge in [0, 0.05) is 38.0 Å². The predicted molar refractivity (Wildman–Crippen MR) is 102 cm³/mol. The molecule has 2 N–H and O–H groups in total. The minimum absolute atomic E-state index is 0. The van der Waals surface area contributed by atoms with E-state index in [0.717, 1.165) is 57.0 Å². The molecule has 4 rings (SSSR count). The average Bonchev–Trinajstić information content (AvgIpc) is 2.89. The Kier molecular flexibility index (Phi) is 5.89. The predicted octanol–water partition coefficient (Wildman–Crippen LogP) is 1.75. The quantitative estimate of drug-likeness (QED) is 0.873. The molecule has 1 saturated heterocycles. The van der Waals surface area contributed by atoms with E-state index in [9.17, 15) is 5.11 Å². The molecule has 0 amide bonds. The Morgan fingerprint density at radius 3 is 2.68 bits per heavy atom. The van der Waals surface area contributed by atoms with Crippen LogP contribution in [-0.2, 0) is 19.3 Å².